The van der Waals surface area contributed by atoms with Crippen molar-refractivity contribution in [2.45, 2.75) is 58.1 Å². The molecule has 0 saturated carbocycles. The smallest absolute Gasteiger partial charge is 0.408 e. The number of methoxy groups -OCH3 is 2. The van der Waals surface area contributed by atoms with Crippen LogP contribution in [0.3, 0.4) is 0 Å². The molecule has 34 heavy (non-hydrogen) atoms. The monoisotopic (exact) mass is 474 g/mol. The Morgan fingerprint density at radius 1 is 1.24 bits per heavy atom. The number of aromatic nitrogens is 2. The van der Waals surface area contributed by atoms with E-state index in [4.69, 9.17) is 18.9 Å². The highest BCUT2D eigenvalue weighted by atomic mass is 16.6. The fourth-order valence-corrected chi connectivity index (χ4v) is 4.36. The molecule has 1 fully saturated rings. The van der Waals surface area contributed by atoms with Crippen LogP contribution in [0.2, 0.25) is 0 Å². The Bertz CT molecular complexity index is 999. The molecule has 3 rings (SSSR count). The first-order chi connectivity index (χ1) is 16.0. The number of nitrogens with one attached hydrogen (secondary N) is 2. The maximum atomic E-state index is 12.3. The van der Waals surface area contributed by atoms with Gasteiger partial charge in [-0.25, -0.2) is 9.78 Å². The molecule has 1 aliphatic heterocycles. The number of ether oxygens (including phenoxy) is 4. The number of hydrogen-bond acceptors (Lipinski definition) is 9. The fourth-order valence-electron chi connectivity index (χ4n) is 4.36. The van der Waals surface area contributed by atoms with Gasteiger partial charge in [0.25, 0.3) is 0 Å². The molecule has 0 bridgehead atoms. The van der Waals surface area contributed by atoms with Crippen LogP contribution in [0, 0.1) is 5.92 Å². The second kappa shape index (κ2) is 10.4. The lowest BCUT2D eigenvalue weighted by molar-refractivity contribution is -0.0512. The highest BCUT2D eigenvalue weighted by Gasteiger charge is 2.45. The lowest BCUT2D eigenvalue weighted by atomic mass is 9.79. The normalized spacial score (nSPS) is 20.3. The number of cyclic esters (lactones) is 1. The molecular weight excluding hydrogens is 440 g/mol. The molecule has 1 aliphatic rings. The number of carbonyl (C=O) groups is 1. The first kappa shape index (κ1) is 25.5. The third-order valence-electron chi connectivity index (χ3n) is 5.41. The lowest BCUT2D eigenvalue weighted by Crippen LogP contribution is -2.62. The molecule has 2 atom stereocenters. The molecule has 3 heterocycles. The van der Waals surface area contributed by atoms with Gasteiger partial charge in [-0.05, 0) is 38.3 Å². The molecular formula is C24H34N4O6. The van der Waals surface area contributed by atoms with Crippen LogP contribution >= 0.6 is 0 Å². The highest BCUT2D eigenvalue weighted by Crippen LogP contribution is 2.36. The van der Waals surface area contributed by atoms with Crippen molar-refractivity contribution in [2.24, 2.45) is 5.92 Å². The predicted octanol–water partition coefficient (Wildman–Crippen LogP) is 3.56. The second-order valence-electron chi connectivity index (χ2n) is 9.50. The Morgan fingerprint density at radius 3 is 2.65 bits per heavy atom. The SMILES string of the molecule is COc1cc(-c2ccnc(NC(O)OC)c2)ncc1OC[C@@]1(CC(C)C)CC(C)(C)OC(=O)N1. The van der Waals surface area contributed by atoms with E-state index in [1.54, 1.807) is 37.7 Å². The average Bonchev–Trinajstić information content (AvgIpc) is 2.75. The zero-order chi connectivity index (χ0) is 24.9. The summed E-state index contributed by atoms with van der Waals surface area (Å²) in [5.41, 5.74) is 0.222. The first-order valence-corrected chi connectivity index (χ1v) is 11.2. The van der Waals surface area contributed by atoms with Crippen molar-refractivity contribution < 1.29 is 28.8 Å². The molecule has 0 aliphatic carbocycles. The van der Waals surface area contributed by atoms with E-state index in [9.17, 15) is 9.90 Å². The van der Waals surface area contributed by atoms with E-state index < -0.39 is 23.6 Å². The molecule has 1 amide bonds. The standard InChI is InChI=1S/C24H34N4O6/c1-15(2)11-24(13-23(3,4)34-22(30)28-24)14-33-19-12-26-17(10-18(19)31-5)16-7-8-25-20(9-16)27-21(29)32-6/h7-10,12,15,21,29H,11,13-14H2,1-6H3,(H,25,27)(H,28,30)/t21?,24-/m1/s1. The molecule has 1 saturated heterocycles. The summed E-state index contributed by atoms with van der Waals surface area (Å²) < 4.78 is 22.0. The Kier molecular flexibility index (Phi) is 7.83. The Morgan fingerprint density at radius 2 is 2.00 bits per heavy atom. The van der Waals surface area contributed by atoms with E-state index >= 15 is 0 Å². The van der Waals surface area contributed by atoms with Gasteiger partial charge >= 0.3 is 6.09 Å². The molecule has 1 unspecified atom stereocenters. The van der Waals surface area contributed by atoms with Crippen LogP contribution in [0.1, 0.15) is 40.5 Å². The molecule has 186 valence electrons. The van der Waals surface area contributed by atoms with Crippen molar-refractivity contribution in [1.29, 1.82) is 0 Å². The van der Waals surface area contributed by atoms with Gasteiger partial charge in [0.05, 0.1) is 24.5 Å². The van der Waals surface area contributed by atoms with Gasteiger partial charge in [0.1, 0.15) is 18.0 Å². The number of alkyl carbamates (subject to hydrolysis) is 1. The minimum absolute atomic E-state index is 0.249. The van der Waals surface area contributed by atoms with Gasteiger partial charge in [0.15, 0.2) is 11.5 Å². The molecule has 2 aromatic heterocycles. The van der Waals surface area contributed by atoms with Crippen LogP contribution in [0.4, 0.5) is 10.6 Å². The summed E-state index contributed by atoms with van der Waals surface area (Å²) in [5, 5.41) is 15.3. The largest absolute Gasteiger partial charge is 0.493 e. The number of carbonyl (C=O) groups excluding carboxylic acids is 1. The van der Waals surface area contributed by atoms with Gasteiger partial charge in [-0.15, -0.1) is 0 Å². The van der Waals surface area contributed by atoms with Crippen LogP contribution in [0.15, 0.2) is 30.6 Å². The maximum absolute atomic E-state index is 12.3. The summed E-state index contributed by atoms with van der Waals surface area (Å²) in [5.74, 6) is 1.74. The number of aliphatic hydroxyl groups excluding tert-OH is 1. The van der Waals surface area contributed by atoms with Gasteiger partial charge in [-0.3, -0.25) is 4.98 Å². The zero-order valence-electron chi connectivity index (χ0n) is 20.5. The molecule has 0 radical (unpaired) electrons. The second-order valence-corrected chi connectivity index (χ2v) is 9.50. The quantitative estimate of drug-likeness (QED) is 0.443. The molecule has 0 aromatic carbocycles. The summed E-state index contributed by atoms with van der Waals surface area (Å²) in [6.45, 7) is 8.27. The fraction of sp³-hybridized carbons (Fsp3) is 0.542. The van der Waals surface area contributed by atoms with Gasteiger partial charge in [0, 0.05) is 31.4 Å². The molecule has 10 nitrogen and oxygen atoms in total. The minimum atomic E-state index is -1.17. The minimum Gasteiger partial charge on any atom is -0.493 e. The molecule has 0 spiro atoms. The molecule has 10 heteroatoms. The van der Waals surface area contributed by atoms with Crippen molar-refractivity contribution >= 4 is 11.9 Å². The van der Waals surface area contributed by atoms with E-state index in [0.29, 0.717) is 35.3 Å². The van der Waals surface area contributed by atoms with Gasteiger partial charge in [-0.1, -0.05) is 13.8 Å². The van der Waals surface area contributed by atoms with Crippen LogP contribution in [-0.2, 0) is 9.47 Å². The predicted molar refractivity (Wildman–Crippen MR) is 127 cm³/mol. The van der Waals surface area contributed by atoms with E-state index in [1.807, 2.05) is 13.8 Å². The third-order valence-corrected chi connectivity index (χ3v) is 5.41. The summed E-state index contributed by atoms with van der Waals surface area (Å²) in [7, 11) is 2.94. The average molecular weight is 475 g/mol. The van der Waals surface area contributed by atoms with E-state index in [-0.39, 0.29) is 6.61 Å². The maximum Gasteiger partial charge on any atom is 0.408 e. The Balaban J connectivity index is 1.82. The van der Waals surface area contributed by atoms with Crippen molar-refractivity contribution in [3.05, 3.63) is 30.6 Å². The van der Waals surface area contributed by atoms with Gasteiger partial charge in [0.2, 0.25) is 6.41 Å². The third kappa shape index (κ3) is 6.48. The van der Waals surface area contributed by atoms with E-state index in [1.165, 1.54) is 7.11 Å². The topological polar surface area (TPSA) is 124 Å². The number of aliphatic hydroxyl groups is 1. The van der Waals surface area contributed by atoms with Crippen molar-refractivity contribution in [3.8, 4) is 22.8 Å². The molecule has 3 N–H and O–H groups in total. The highest BCUT2D eigenvalue weighted by molar-refractivity contribution is 5.70. The molecule has 2 aromatic rings. The number of pyridine rings is 2. The van der Waals surface area contributed by atoms with Gasteiger partial charge < -0.3 is 34.7 Å². The Hall–Kier alpha value is -3.11. The van der Waals surface area contributed by atoms with Crippen LogP contribution in [0.5, 0.6) is 11.5 Å². The summed E-state index contributed by atoms with van der Waals surface area (Å²) in [6.07, 6.45) is 2.93. The van der Waals surface area contributed by atoms with Crippen LogP contribution in [0.25, 0.3) is 11.3 Å². The number of anilines is 1. The number of nitrogens with zero attached hydrogens (tertiary/aromatic N) is 2. The zero-order valence-corrected chi connectivity index (χ0v) is 20.5. The Labute approximate surface area is 200 Å². The number of hydrogen-bond donors (Lipinski definition) is 3. The van der Waals surface area contributed by atoms with Crippen molar-refractivity contribution in [2.75, 3.05) is 26.1 Å². The van der Waals surface area contributed by atoms with Crippen molar-refractivity contribution in [1.82, 2.24) is 15.3 Å². The van der Waals surface area contributed by atoms with Crippen LogP contribution in [-0.4, -0.2) is 59.5 Å². The summed E-state index contributed by atoms with van der Waals surface area (Å²) in [6, 6.07) is 5.30. The summed E-state index contributed by atoms with van der Waals surface area (Å²) >= 11 is 0. The summed E-state index contributed by atoms with van der Waals surface area (Å²) in [4.78, 5) is 21.0. The first-order valence-electron chi connectivity index (χ1n) is 11.2. The number of rotatable bonds is 10. The van der Waals surface area contributed by atoms with E-state index in [2.05, 4.69) is 34.4 Å². The van der Waals surface area contributed by atoms with Crippen LogP contribution < -0.4 is 20.1 Å². The van der Waals surface area contributed by atoms with Gasteiger partial charge in [-0.2, -0.15) is 0 Å². The lowest BCUT2D eigenvalue weighted by Gasteiger charge is -2.45. The number of amides is 1. The van der Waals surface area contributed by atoms with E-state index in [0.717, 1.165) is 12.0 Å². The van der Waals surface area contributed by atoms with Crippen molar-refractivity contribution in [3.63, 3.8) is 0 Å².